The van der Waals surface area contributed by atoms with Crippen LogP contribution in [-0.4, -0.2) is 25.7 Å². The highest BCUT2D eigenvalue weighted by Crippen LogP contribution is 2.37. The van der Waals surface area contributed by atoms with E-state index in [4.69, 9.17) is 0 Å². The molecule has 0 aromatic heterocycles. The van der Waals surface area contributed by atoms with Crippen LogP contribution in [0.4, 0.5) is 18.9 Å². The van der Waals surface area contributed by atoms with Crippen LogP contribution in [0.25, 0.3) is 0 Å². The Bertz CT molecular complexity index is 490. The van der Waals surface area contributed by atoms with Crippen molar-refractivity contribution in [2.75, 3.05) is 24.5 Å². The number of fused-ring (bicyclic) bond motifs is 1. The van der Waals surface area contributed by atoms with Gasteiger partial charge < -0.3 is 10.2 Å². The molecular formula is C14H16BrF3N2. The molecule has 3 rings (SSSR count). The van der Waals surface area contributed by atoms with Gasteiger partial charge >= 0.3 is 6.18 Å². The zero-order valence-electron chi connectivity index (χ0n) is 10.9. The Morgan fingerprint density at radius 3 is 2.70 bits per heavy atom. The van der Waals surface area contributed by atoms with Crippen LogP contribution in [0.1, 0.15) is 18.4 Å². The van der Waals surface area contributed by atoms with Gasteiger partial charge in [-0.05, 0) is 59.4 Å². The molecule has 2 aliphatic rings. The third-order valence-corrected chi connectivity index (χ3v) is 4.85. The van der Waals surface area contributed by atoms with E-state index in [0.29, 0.717) is 16.4 Å². The van der Waals surface area contributed by atoms with E-state index in [1.54, 1.807) is 6.07 Å². The van der Waals surface area contributed by atoms with Crippen LogP contribution in [0.3, 0.4) is 0 Å². The molecule has 0 unspecified atom stereocenters. The highest BCUT2D eigenvalue weighted by atomic mass is 79.9. The molecule has 0 spiro atoms. The number of anilines is 1. The largest absolute Gasteiger partial charge is 0.416 e. The summed E-state index contributed by atoms with van der Waals surface area (Å²) in [6, 6.07) is 4.38. The van der Waals surface area contributed by atoms with Crippen LogP contribution in [0, 0.1) is 5.92 Å². The maximum Gasteiger partial charge on any atom is 0.416 e. The smallest absolute Gasteiger partial charge is 0.369 e. The predicted molar refractivity (Wildman–Crippen MR) is 75.9 cm³/mol. The van der Waals surface area contributed by atoms with Gasteiger partial charge in [0.25, 0.3) is 0 Å². The van der Waals surface area contributed by atoms with Crippen LogP contribution < -0.4 is 10.2 Å². The average molecular weight is 349 g/mol. The number of benzene rings is 1. The second-order valence-corrected chi connectivity index (χ2v) is 6.39. The fourth-order valence-electron chi connectivity index (χ4n) is 3.18. The fourth-order valence-corrected chi connectivity index (χ4v) is 3.81. The first-order valence-corrected chi connectivity index (χ1v) is 7.59. The minimum atomic E-state index is -4.29. The van der Waals surface area contributed by atoms with Crippen molar-refractivity contribution in [3.63, 3.8) is 0 Å². The standard InChI is InChI=1S/C14H16BrF3N2/c15-11-6-10(14(16,17)18)3-4-13(11)20-7-9-2-1-5-19-12(9)8-20/h3-4,6,9,12,19H,1-2,5,7-8H2/t9-,12+/m0/s1. The second-order valence-electron chi connectivity index (χ2n) is 5.53. The number of piperidine rings is 1. The van der Waals surface area contributed by atoms with Gasteiger partial charge in [0.15, 0.2) is 0 Å². The SMILES string of the molecule is FC(F)(F)c1ccc(N2C[C@@H]3CCCN[C@@H]3C2)c(Br)c1. The lowest BCUT2D eigenvalue weighted by atomic mass is 9.94. The molecule has 0 bridgehead atoms. The molecule has 1 aromatic carbocycles. The van der Waals surface area contributed by atoms with E-state index < -0.39 is 11.7 Å². The molecule has 2 atom stereocenters. The molecule has 2 aliphatic heterocycles. The number of alkyl halides is 3. The lowest BCUT2D eigenvalue weighted by Gasteiger charge is -2.24. The number of nitrogens with zero attached hydrogens (tertiary/aromatic N) is 1. The van der Waals surface area contributed by atoms with Gasteiger partial charge in [0.05, 0.1) is 11.3 Å². The second kappa shape index (κ2) is 5.22. The predicted octanol–water partition coefficient (Wildman–Crippen LogP) is 3.66. The lowest BCUT2D eigenvalue weighted by molar-refractivity contribution is -0.137. The van der Waals surface area contributed by atoms with Crippen molar-refractivity contribution < 1.29 is 13.2 Å². The highest BCUT2D eigenvalue weighted by Gasteiger charge is 2.36. The van der Waals surface area contributed by atoms with Crippen LogP contribution in [0.5, 0.6) is 0 Å². The van der Waals surface area contributed by atoms with E-state index in [0.717, 1.165) is 31.4 Å². The first-order chi connectivity index (χ1) is 9.45. The number of nitrogens with one attached hydrogen (secondary N) is 1. The van der Waals surface area contributed by atoms with E-state index >= 15 is 0 Å². The summed E-state index contributed by atoms with van der Waals surface area (Å²) in [7, 11) is 0. The Morgan fingerprint density at radius 1 is 1.25 bits per heavy atom. The molecule has 6 heteroatoms. The zero-order valence-corrected chi connectivity index (χ0v) is 12.5. The van der Waals surface area contributed by atoms with Crippen molar-refractivity contribution >= 4 is 21.6 Å². The molecule has 0 aliphatic carbocycles. The minimum Gasteiger partial charge on any atom is -0.369 e. The van der Waals surface area contributed by atoms with Crippen molar-refractivity contribution in [1.29, 1.82) is 0 Å². The maximum absolute atomic E-state index is 12.7. The van der Waals surface area contributed by atoms with Gasteiger partial charge in [-0.25, -0.2) is 0 Å². The molecule has 110 valence electrons. The van der Waals surface area contributed by atoms with Gasteiger partial charge in [-0.3, -0.25) is 0 Å². The summed E-state index contributed by atoms with van der Waals surface area (Å²) in [5.41, 5.74) is 0.247. The summed E-state index contributed by atoms with van der Waals surface area (Å²) in [6.07, 6.45) is -1.91. The Morgan fingerprint density at radius 2 is 2.05 bits per heavy atom. The Labute approximate surface area is 124 Å². The van der Waals surface area contributed by atoms with Gasteiger partial charge in [-0.15, -0.1) is 0 Å². The van der Waals surface area contributed by atoms with Crippen LogP contribution >= 0.6 is 15.9 Å². The van der Waals surface area contributed by atoms with Crippen LogP contribution in [0.15, 0.2) is 22.7 Å². The molecule has 0 saturated carbocycles. The zero-order chi connectivity index (χ0) is 14.3. The van der Waals surface area contributed by atoms with E-state index in [1.165, 1.54) is 18.9 Å². The number of rotatable bonds is 1. The molecule has 1 N–H and O–H groups in total. The van der Waals surface area contributed by atoms with Crippen molar-refractivity contribution in [2.24, 2.45) is 5.92 Å². The molecular weight excluding hydrogens is 333 g/mol. The van der Waals surface area contributed by atoms with Crippen molar-refractivity contribution in [2.45, 2.75) is 25.1 Å². The maximum atomic E-state index is 12.7. The molecule has 20 heavy (non-hydrogen) atoms. The van der Waals surface area contributed by atoms with Crippen LogP contribution in [-0.2, 0) is 6.18 Å². The normalized spacial score (nSPS) is 26.7. The Balaban J connectivity index is 1.81. The van der Waals surface area contributed by atoms with E-state index in [1.807, 2.05) is 0 Å². The fraction of sp³-hybridized carbons (Fsp3) is 0.571. The summed E-state index contributed by atoms with van der Waals surface area (Å²) >= 11 is 3.29. The summed E-state index contributed by atoms with van der Waals surface area (Å²) < 4.78 is 38.5. The van der Waals surface area contributed by atoms with Gasteiger partial charge in [-0.1, -0.05) is 0 Å². The van der Waals surface area contributed by atoms with E-state index in [-0.39, 0.29) is 0 Å². The summed E-state index contributed by atoms with van der Waals surface area (Å²) in [6.45, 7) is 2.83. The molecule has 0 amide bonds. The summed E-state index contributed by atoms with van der Waals surface area (Å²) in [5, 5.41) is 3.50. The van der Waals surface area contributed by atoms with Gasteiger partial charge in [0, 0.05) is 23.6 Å². The third kappa shape index (κ3) is 2.68. The number of halogens is 4. The Kier molecular flexibility index (Phi) is 3.71. The average Bonchev–Trinajstić information content (AvgIpc) is 2.80. The first-order valence-electron chi connectivity index (χ1n) is 6.80. The third-order valence-electron chi connectivity index (χ3n) is 4.21. The van der Waals surface area contributed by atoms with Crippen molar-refractivity contribution in [3.8, 4) is 0 Å². The topological polar surface area (TPSA) is 15.3 Å². The molecule has 2 saturated heterocycles. The van der Waals surface area contributed by atoms with E-state index in [2.05, 4.69) is 26.1 Å². The summed E-state index contributed by atoms with van der Waals surface area (Å²) in [5.74, 6) is 0.609. The van der Waals surface area contributed by atoms with Crippen LogP contribution in [0.2, 0.25) is 0 Å². The van der Waals surface area contributed by atoms with Crippen molar-refractivity contribution in [1.82, 2.24) is 5.32 Å². The number of hydrogen-bond acceptors (Lipinski definition) is 2. The minimum absolute atomic E-state index is 0.470. The molecule has 0 radical (unpaired) electrons. The number of hydrogen-bond donors (Lipinski definition) is 1. The molecule has 2 nitrogen and oxygen atoms in total. The van der Waals surface area contributed by atoms with E-state index in [9.17, 15) is 13.2 Å². The van der Waals surface area contributed by atoms with Gasteiger partial charge in [-0.2, -0.15) is 13.2 Å². The monoisotopic (exact) mass is 348 g/mol. The first kappa shape index (κ1) is 14.2. The lowest BCUT2D eigenvalue weighted by Crippen LogP contribution is -2.40. The van der Waals surface area contributed by atoms with Gasteiger partial charge in [0.1, 0.15) is 0 Å². The van der Waals surface area contributed by atoms with Crippen molar-refractivity contribution in [3.05, 3.63) is 28.2 Å². The summed E-state index contributed by atoms with van der Waals surface area (Å²) in [4.78, 5) is 2.18. The van der Waals surface area contributed by atoms with Gasteiger partial charge in [0.2, 0.25) is 0 Å². The molecule has 1 aromatic rings. The molecule has 2 fully saturated rings. The highest BCUT2D eigenvalue weighted by molar-refractivity contribution is 9.10. The Hall–Kier alpha value is -0.750. The molecule has 2 heterocycles. The quantitative estimate of drug-likeness (QED) is 0.833.